The van der Waals surface area contributed by atoms with Gasteiger partial charge >= 0.3 is 0 Å². The van der Waals surface area contributed by atoms with Gasteiger partial charge in [0.05, 0.1) is 6.04 Å². The van der Waals surface area contributed by atoms with E-state index in [2.05, 4.69) is 43.4 Å². The van der Waals surface area contributed by atoms with E-state index in [1.807, 2.05) is 6.92 Å². The fourth-order valence-electron chi connectivity index (χ4n) is 2.46. The zero-order valence-corrected chi connectivity index (χ0v) is 14.0. The van der Waals surface area contributed by atoms with Crippen LogP contribution in [0.5, 0.6) is 0 Å². The molecular weight excluding hydrogens is 250 g/mol. The van der Waals surface area contributed by atoms with E-state index in [0.29, 0.717) is 11.3 Å². The molecule has 0 spiro atoms. The summed E-state index contributed by atoms with van der Waals surface area (Å²) in [5.74, 6) is 0.763. The fourth-order valence-corrected chi connectivity index (χ4v) is 2.46. The minimum Gasteiger partial charge on any atom is -0.355 e. The maximum atomic E-state index is 12.0. The Morgan fingerprint density at radius 3 is 2.40 bits per heavy atom. The quantitative estimate of drug-likeness (QED) is 0.749. The molecule has 0 aromatic rings. The van der Waals surface area contributed by atoms with Crippen LogP contribution < -0.4 is 10.6 Å². The number of amides is 1. The molecular formula is C16H33N3O. The Morgan fingerprint density at radius 2 is 1.85 bits per heavy atom. The Morgan fingerprint density at radius 1 is 1.25 bits per heavy atom. The average molecular weight is 283 g/mol. The molecule has 4 heteroatoms. The first-order valence-electron chi connectivity index (χ1n) is 8.02. The number of nitrogens with zero attached hydrogens (tertiary/aromatic N) is 1. The number of rotatable bonds is 7. The normalized spacial score (nSPS) is 20.9. The van der Waals surface area contributed by atoms with Gasteiger partial charge in [-0.2, -0.15) is 0 Å². The van der Waals surface area contributed by atoms with E-state index in [9.17, 15) is 4.79 Å². The molecule has 0 aromatic heterocycles. The predicted octanol–water partition coefficient (Wildman–Crippen LogP) is 1.86. The number of likely N-dealkylation sites (tertiary alicyclic amines) is 1. The van der Waals surface area contributed by atoms with Crippen LogP contribution in [0.15, 0.2) is 0 Å². The first-order chi connectivity index (χ1) is 9.32. The van der Waals surface area contributed by atoms with Crippen LogP contribution in [0.1, 0.15) is 47.0 Å². The smallest absolute Gasteiger partial charge is 0.236 e. The summed E-state index contributed by atoms with van der Waals surface area (Å²) in [6, 6.07) is -0.0985. The lowest BCUT2D eigenvalue weighted by Crippen LogP contribution is -2.48. The van der Waals surface area contributed by atoms with Crippen LogP contribution in [0.2, 0.25) is 0 Å². The highest BCUT2D eigenvalue weighted by Crippen LogP contribution is 2.29. The summed E-state index contributed by atoms with van der Waals surface area (Å²) in [7, 11) is 2.18. The van der Waals surface area contributed by atoms with Gasteiger partial charge in [-0.1, -0.05) is 20.8 Å². The van der Waals surface area contributed by atoms with Gasteiger partial charge in [-0.15, -0.1) is 0 Å². The number of carbonyl (C=O) groups excluding carboxylic acids is 1. The van der Waals surface area contributed by atoms with E-state index in [1.165, 1.54) is 12.8 Å². The van der Waals surface area contributed by atoms with Gasteiger partial charge in [-0.3, -0.25) is 4.79 Å². The van der Waals surface area contributed by atoms with Crippen molar-refractivity contribution < 1.29 is 4.79 Å². The van der Waals surface area contributed by atoms with Gasteiger partial charge in [0, 0.05) is 13.1 Å². The molecule has 1 amide bonds. The van der Waals surface area contributed by atoms with Crippen LogP contribution in [0.3, 0.4) is 0 Å². The molecule has 1 aliphatic heterocycles. The summed E-state index contributed by atoms with van der Waals surface area (Å²) in [4.78, 5) is 14.4. The Labute approximate surface area is 124 Å². The van der Waals surface area contributed by atoms with Crippen molar-refractivity contribution in [2.45, 2.75) is 53.0 Å². The standard InChI is InChI=1S/C16H33N3O/c1-13(2)6-9-17-15(20)14(3)18-12-16(4)7-10-19(5)11-8-16/h13-14,18H,6-12H2,1-5H3,(H,17,20). The van der Waals surface area contributed by atoms with Crippen LogP contribution in [0.4, 0.5) is 0 Å². The molecule has 0 aliphatic carbocycles. The van der Waals surface area contributed by atoms with Crippen LogP contribution in [-0.2, 0) is 4.79 Å². The second-order valence-electron chi connectivity index (χ2n) is 7.19. The van der Waals surface area contributed by atoms with Crippen molar-refractivity contribution in [1.82, 2.24) is 15.5 Å². The molecule has 1 saturated heterocycles. The minimum absolute atomic E-state index is 0.0985. The Kier molecular flexibility index (Phi) is 6.96. The lowest BCUT2D eigenvalue weighted by atomic mass is 9.80. The maximum absolute atomic E-state index is 12.0. The molecule has 4 nitrogen and oxygen atoms in total. The second kappa shape index (κ2) is 7.99. The first kappa shape index (κ1) is 17.4. The molecule has 1 fully saturated rings. The predicted molar refractivity (Wildman–Crippen MR) is 84.8 cm³/mol. The Bertz CT molecular complexity index is 296. The van der Waals surface area contributed by atoms with Crippen molar-refractivity contribution in [3.05, 3.63) is 0 Å². The molecule has 1 heterocycles. The molecule has 1 unspecified atom stereocenters. The van der Waals surface area contributed by atoms with Gasteiger partial charge in [0.2, 0.25) is 5.91 Å². The minimum atomic E-state index is -0.0985. The summed E-state index contributed by atoms with van der Waals surface area (Å²) in [5.41, 5.74) is 0.332. The fraction of sp³-hybridized carbons (Fsp3) is 0.938. The molecule has 0 aromatic carbocycles. The van der Waals surface area contributed by atoms with Crippen LogP contribution in [0.25, 0.3) is 0 Å². The molecule has 0 radical (unpaired) electrons. The summed E-state index contributed by atoms with van der Waals surface area (Å²) in [6.45, 7) is 12.7. The molecule has 1 rings (SSSR count). The highest BCUT2D eigenvalue weighted by molar-refractivity contribution is 5.81. The van der Waals surface area contributed by atoms with E-state index in [1.54, 1.807) is 0 Å². The van der Waals surface area contributed by atoms with Crippen molar-refractivity contribution in [1.29, 1.82) is 0 Å². The number of piperidine rings is 1. The average Bonchev–Trinajstić information content (AvgIpc) is 2.39. The molecule has 0 saturated carbocycles. The molecule has 1 aliphatic rings. The van der Waals surface area contributed by atoms with Crippen molar-refractivity contribution in [2.75, 3.05) is 33.2 Å². The van der Waals surface area contributed by atoms with Crippen molar-refractivity contribution in [2.24, 2.45) is 11.3 Å². The first-order valence-corrected chi connectivity index (χ1v) is 8.02. The largest absolute Gasteiger partial charge is 0.355 e. The lowest BCUT2D eigenvalue weighted by Gasteiger charge is -2.38. The van der Waals surface area contributed by atoms with Crippen molar-refractivity contribution in [3.63, 3.8) is 0 Å². The maximum Gasteiger partial charge on any atom is 0.236 e. The number of nitrogens with one attached hydrogen (secondary N) is 2. The molecule has 118 valence electrons. The van der Waals surface area contributed by atoms with Crippen LogP contribution in [0, 0.1) is 11.3 Å². The Balaban J connectivity index is 2.24. The molecule has 2 N–H and O–H groups in total. The summed E-state index contributed by atoms with van der Waals surface area (Å²) >= 11 is 0. The SMILES string of the molecule is CC(C)CCNC(=O)C(C)NCC1(C)CCN(C)CC1. The van der Waals surface area contributed by atoms with E-state index >= 15 is 0 Å². The highest BCUT2D eigenvalue weighted by Gasteiger charge is 2.29. The van der Waals surface area contributed by atoms with Crippen molar-refractivity contribution in [3.8, 4) is 0 Å². The van der Waals surface area contributed by atoms with Gasteiger partial charge in [-0.05, 0) is 57.7 Å². The molecule has 20 heavy (non-hydrogen) atoms. The highest BCUT2D eigenvalue weighted by atomic mass is 16.2. The molecule has 1 atom stereocenters. The summed E-state index contributed by atoms with van der Waals surface area (Å²) in [5, 5.41) is 6.43. The topological polar surface area (TPSA) is 44.4 Å². The van der Waals surface area contributed by atoms with E-state index in [0.717, 1.165) is 32.6 Å². The van der Waals surface area contributed by atoms with E-state index < -0.39 is 0 Å². The van der Waals surface area contributed by atoms with Gasteiger partial charge in [0.25, 0.3) is 0 Å². The second-order valence-corrected chi connectivity index (χ2v) is 7.19. The van der Waals surface area contributed by atoms with Gasteiger partial charge in [0.15, 0.2) is 0 Å². The van der Waals surface area contributed by atoms with E-state index in [4.69, 9.17) is 0 Å². The zero-order chi connectivity index (χ0) is 15.2. The third-order valence-corrected chi connectivity index (χ3v) is 4.44. The lowest BCUT2D eigenvalue weighted by molar-refractivity contribution is -0.122. The van der Waals surface area contributed by atoms with Gasteiger partial charge in [-0.25, -0.2) is 0 Å². The zero-order valence-electron chi connectivity index (χ0n) is 14.0. The van der Waals surface area contributed by atoms with Crippen molar-refractivity contribution >= 4 is 5.91 Å². The third kappa shape index (κ3) is 6.23. The number of hydrogen-bond donors (Lipinski definition) is 2. The number of carbonyl (C=O) groups is 1. The monoisotopic (exact) mass is 283 g/mol. The number of hydrogen-bond acceptors (Lipinski definition) is 3. The molecule has 0 bridgehead atoms. The third-order valence-electron chi connectivity index (χ3n) is 4.44. The Hall–Kier alpha value is -0.610. The van der Waals surface area contributed by atoms with E-state index in [-0.39, 0.29) is 11.9 Å². The van der Waals surface area contributed by atoms with Gasteiger partial charge < -0.3 is 15.5 Å². The van der Waals surface area contributed by atoms with Crippen LogP contribution >= 0.6 is 0 Å². The summed E-state index contributed by atoms with van der Waals surface area (Å²) < 4.78 is 0. The van der Waals surface area contributed by atoms with Gasteiger partial charge in [0.1, 0.15) is 0 Å². The summed E-state index contributed by atoms with van der Waals surface area (Å²) in [6.07, 6.45) is 3.46. The van der Waals surface area contributed by atoms with Crippen LogP contribution in [-0.4, -0.2) is 50.1 Å².